The van der Waals surface area contributed by atoms with Crippen LogP contribution in [-0.2, 0) is 19.6 Å². The molecule has 1 aromatic carbocycles. The van der Waals surface area contributed by atoms with E-state index < -0.39 is 0 Å². The molecule has 16 heavy (non-hydrogen) atoms. The van der Waals surface area contributed by atoms with Crippen molar-refractivity contribution in [1.29, 1.82) is 0 Å². The molecular weight excluding hydrogens is 228 g/mol. The molecule has 0 aliphatic rings. The van der Waals surface area contributed by atoms with Gasteiger partial charge in [-0.15, -0.1) is 10.2 Å². The molecule has 0 aliphatic carbocycles. The summed E-state index contributed by atoms with van der Waals surface area (Å²) in [5, 5.41) is 21.0. The zero-order valence-corrected chi connectivity index (χ0v) is 9.30. The number of tetrazole rings is 1. The van der Waals surface area contributed by atoms with Crippen molar-refractivity contribution in [2.45, 2.75) is 19.6 Å². The number of aliphatic hydroxyl groups excluding tert-OH is 1. The maximum absolute atomic E-state index is 8.77. The Kier molecular flexibility index (Phi) is 3.48. The number of aliphatic hydroxyl groups is 1. The summed E-state index contributed by atoms with van der Waals surface area (Å²) < 4.78 is 0. The fourth-order valence-corrected chi connectivity index (χ4v) is 1.44. The maximum atomic E-state index is 8.77. The second-order valence-electron chi connectivity index (χ2n) is 3.34. The first-order chi connectivity index (χ1) is 7.78. The number of benzene rings is 1. The topological polar surface area (TPSA) is 63.8 Å². The lowest BCUT2D eigenvalue weighted by molar-refractivity contribution is 0.270. The van der Waals surface area contributed by atoms with Gasteiger partial charge in [0.05, 0.1) is 6.54 Å². The van der Waals surface area contributed by atoms with E-state index in [1.165, 1.54) is 4.80 Å². The molecule has 0 bridgehead atoms. The number of halogens is 1. The van der Waals surface area contributed by atoms with Crippen LogP contribution in [0.25, 0.3) is 0 Å². The molecule has 0 atom stereocenters. The van der Waals surface area contributed by atoms with Crippen molar-refractivity contribution >= 4 is 11.6 Å². The quantitative estimate of drug-likeness (QED) is 0.865. The maximum Gasteiger partial charge on any atom is 0.200 e. The molecule has 2 aromatic rings. The Hall–Kier alpha value is -1.46. The number of hydrogen-bond acceptors (Lipinski definition) is 4. The lowest BCUT2D eigenvalue weighted by atomic mass is 10.1. The highest BCUT2D eigenvalue weighted by atomic mass is 35.5. The highest BCUT2D eigenvalue weighted by Gasteiger charge is 2.01. The average Bonchev–Trinajstić information content (AvgIpc) is 2.76. The minimum absolute atomic E-state index is 0.180. The van der Waals surface area contributed by atoms with Crippen LogP contribution in [0.5, 0.6) is 0 Å². The molecule has 1 N–H and O–H groups in total. The third-order valence-corrected chi connectivity index (χ3v) is 2.40. The first-order valence-corrected chi connectivity index (χ1v) is 5.28. The second-order valence-corrected chi connectivity index (χ2v) is 3.77. The Morgan fingerprint density at radius 2 is 2.00 bits per heavy atom. The van der Waals surface area contributed by atoms with Gasteiger partial charge in [-0.3, -0.25) is 0 Å². The first kappa shape index (κ1) is 11.0. The van der Waals surface area contributed by atoms with Crippen molar-refractivity contribution in [1.82, 2.24) is 20.2 Å². The molecular formula is C10H11ClN4O. The summed E-state index contributed by atoms with van der Waals surface area (Å²) >= 11 is 5.78. The van der Waals surface area contributed by atoms with E-state index >= 15 is 0 Å². The highest BCUT2D eigenvalue weighted by molar-refractivity contribution is 6.30. The Morgan fingerprint density at radius 1 is 1.25 bits per heavy atom. The van der Waals surface area contributed by atoms with Crippen LogP contribution in [-0.4, -0.2) is 25.3 Å². The summed E-state index contributed by atoms with van der Waals surface area (Å²) in [5.74, 6) is 0.344. The average molecular weight is 239 g/mol. The van der Waals surface area contributed by atoms with Crippen LogP contribution in [0, 0.1) is 0 Å². The monoisotopic (exact) mass is 238 g/mol. The van der Waals surface area contributed by atoms with Crippen LogP contribution in [0.15, 0.2) is 24.3 Å². The van der Waals surface area contributed by atoms with Gasteiger partial charge in [-0.05, 0) is 29.3 Å². The number of aryl methyl sites for hydroxylation is 2. The summed E-state index contributed by atoms with van der Waals surface area (Å²) in [4.78, 5) is 1.47. The Bertz CT molecular complexity index is 454. The van der Waals surface area contributed by atoms with Crippen LogP contribution in [0.4, 0.5) is 0 Å². The van der Waals surface area contributed by atoms with E-state index in [2.05, 4.69) is 15.4 Å². The van der Waals surface area contributed by atoms with Gasteiger partial charge in [0.1, 0.15) is 6.61 Å². The van der Waals surface area contributed by atoms with E-state index in [1.54, 1.807) is 0 Å². The summed E-state index contributed by atoms with van der Waals surface area (Å²) in [6.45, 7) is 0.454. The second kappa shape index (κ2) is 5.05. The van der Waals surface area contributed by atoms with E-state index in [4.69, 9.17) is 16.7 Å². The van der Waals surface area contributed by atoms with Gasteiger partial charge in [-0.1, -0.05) is 23.7 Å². The van der Waals surface area contributed by atoms with Gasteiger partial charge in [-0.25, -0.2) is 0 Å². The van der Waals surface area contributed by atoms with E-state index in [0.717, 1.165) is 17.0 Å². The van der Waals surface area contributed by atoms with Crippen molar-refractivity contribution in [3.8, 4) is 0 Å². The smallest absolute Gasteiger partial charge is 0.200 e. The lowest BCUT2D eigenvalue weighted by Crippen LogP contribution is -2.05. The number of aromatic nitrogens is 4. The summed E-state index contributed by atoms with van der Waals surface area (Å²) in [5.41, 5.74) is 1.16. The molecule has 5 nitrogen and oxygen atoms in total. The van der Waals surface area contributed by atoms with Gasteiger partial charge >= 0.3 is 0 Å². The van der Waals surface area contributed by atoms with Crippen LogP contribution in [0.3, 0.4) is 0 Å². The van der Waals surface area contributed by atoms with Crippen LogP contribution < -0.4 is 0 Å². The predicted molar refractivity (Wildman–Crippen MR) is 58.9 cm³/mol. The summed E-state index contributed by atoms with van der Waals surface area (Å²) in [7, 11) is 0. The number of nitrogens with zero attached hydrogens (tertiary/aromatic N) is 4. The molecule has 0 amide bonds. The van der Waals surface area contributed by atoms with Crippen LogP contribution >= 0.6 is 11.6 Å². The SMILES string of the molecule is OCc1nnn(CCc2ccc(Cl)cc2)n1. The Balaban J connectivity index is 1.94. The zero-order valence-electron chi connectivity index (χ0n) is 8.54. The third-order valence-electron chi connectivity index (χ3n) is 2.15. The van der Waals surface area contributed by atoms with Gasteiger partial charge in [0.2, 0.25) is 0 Å². The molecule has 6 heteroatoms. The first-order valence-electron chi connectivity index (χ1n) is 4.90. The minimum Gasteiger partial charge on any atom is -0.388 e. The van der Waals surface area contributed by atoms with Crippen molar-refractivity contribution < 1.29 is 5.11 Å². The van der Waals surface area contributed by atoms with Gasteiger partial charge in [0.25, 0.3) is 0 Å². The van der Waals surface area contributed by atoms with E-state index in [-0.39, 0.29) is 6.61 Å². The standard InChI is InChI=1S/C10H11ClN4O/c11-9-3-1-8(2-4-9)5-6-15-13-10(7-16)12-14-15/h1-4,16H,5-7H2. The lowest BCUT2D eigenvalue weighted by Gasteiger charge is -2.00. The van der Waals surface area contributed by atoms with Gasteiger partial charge in [0, 0.05) is 5.02 Å². The summed E-state index contributed by atoms with van der Waals surface area (Å²) in [6.07, 6.45) is 0.804. The molecule has 1 aromatic heterocycles. The summed E-state index contributed by atoms with van der Waals surface area (Å²) in [6, 6.07) is 7.63. The highest BCUT2D eigenvalue weighted by Crippen LogP contribution is 2.10. The van der Waals surface area contributed by atoms with E-state index in [9.17, 15) is 0 Å². The largest absolute Gasteiger partial charge is 0.388 e. The molecule has 0 radical (unpaired) electrons. The number of hydrogen-bond donors (Lipinski definition) is 1. The molecule has 0 saturated carbocycles. The van der Waals surface area contributed by atoms with Crippen molar-refractivity contribution in [3.05, 3.63) is 40.7 Å². The fourth-order valence-electron chi connectivity index (χ4n) is 1.31. The normalized spacial score (nSPS) is 10.6. The fraction of sp³-hybridized carbons (Fsp3) is 0.300. The molecule has 0 saturated heterocycles. The zero-order chi connectivity index (χ0) is 11.4. The van der Waals surface area contributed by atoms with Gasteiger partial charge in [-0.2, -0.15) is 4.80 Å². The molecule has 0 spiro atoms. The van der Waals surface area contributed by atoms with E-state index in [0.29, 0.717) is 12.4 Å². The molecule has 2 rings (SSSR count). The van der Waals surface area contributed by atoms with Crippen LogP contribution in [0.2, 0.25) is 5.02 Å². The molecule has 0 fully saturated rings. The Labute approximate surface area is 97.7 Å². The number of rotatable bonds is 4. The van der Waals surface area contributed by atoms with Gasteiger partial charge in [0.15, 0.2) is 5.82 Å². The Morgan fingerprint density at radius 3 is 2.62 bits per heavy atom. The molecule has 84 valence electrons. The van der Waals surface area contributed by atoms with Crippen LogP contribution in [0.1, 0.15) is 11.4 Å². The molecule has 0 unspecified atom stereocenters. The van der Waals surface area contributed by atoms with Crippen molar-refractivity contribution in [3.63, 3.8) is 0 Å². The van der Waals surface area contributed by atoms with E-state index in [1.807, 2.05) is 24.3 Å². The van der Waals surface area contributed by atoms with Crippen molar-refractivity contribution in [2.24, 2.45) is 0 Å². The molecule has 0 aliphatic heterocycles. The predicted octanol–water partition coefficient (Wildman–Crippen LogP) is 1.06. The van der Waals surface area contributed by atoms with Crippen molar-refractivity contribution in [2.75, 3.05) is 0 Å². The third kappa shape index (κ3) is 2.77. The minimum atomic E-state index is -0.180. The van der Waals surface area contributed by atoms with Gasteiger partial charge < -0.3 is 5.11 Å². The molecule has 1 heterocycles.